The van der Waals surface area contributed by atoms with Crippen molar-refractivity contribution in [3.05, 3.63) is 23.2 Å². The Labute approximate surface area is 142 Å². The van der Waals surface area contributed by atoms with E-state index in [0.717, 1.165) is 11.4 Å². The number of benzene rings is 1. The number of halogens is 1. The SMILES string of the molecule is CC(C)NC(=S)Nc1ccc(NC(=S)NC(C)C)c(Cl)c1. The van der Waals surface area contributed by atoms with Crippen LogP contribution >= 0.6 is 36.0 Å². The number of anilines is 2. The van der Waals surface area contributed by atoms with E-state index in [4.69, 9.17) is 36.0 Å². The van der Waals surface area contributed by atoms with Crippen molar-refractivity contribution in [2.45, 2.75) is 39.8 Å². The van der Waals surface area contributed by atoms with Gasteiger partial charge in [-0.2, -0.15) is 0 Å². The molecule has 0 radical (unpaired) electrons. The first kappa shape index (κ1) is 17.9. The first-order chi connectivity index (χ1) is 9.77. The van der Waals surface area contributed by atoms with Crippen molar-refractivity contribution in [3.63, 3.8) is 0 Å². The van der Waals surface area contributed by atoms with Crippen molar-refractivity contribution in [3.8, 4) is 0 Å². The number of nitrogens with one attached hydrogen (secondary N) is 4. The smallest absolute Gasteiger partial charge is 0.171 e. The molecule has 0 atom stereocenters. The van der Waals surface area contributed by atoms with E-state index >= 15 is 0 Å². The van der Waals surface area contributed by atoms with Gasteiger partial charge >= 0.3 is 0 Å². The molecular formula is C14H21ClN4S2. The van der Waals surface area contributed by atoms with Crippen LogP contribution in [0.2, 0.25) is 5.02 Å². The lowest BCUT2D eigenvalue weighted by molar-refractivity contribution is 0.739. The molecule has 1 aromatic carbocycles. The Morgan fingerprint density at radius 1 is 0.952 bits per heavy atom. The van der Waals surface area contributed by atoms with Gasteiger partial charge in [-0.3, -0.25) is 0 Å². The molecule has 0 bridgehead atoms. The van der Waals surface area contributed by atoms with Crippen LogP contribution in [0.25, 0.3) is 0 Å². The van der Waals surface area contributed by atoms with Crippen molar-refractivity contribution in [2.75, 3.05) is 10.6 Å². The van der Waals surface area contributed by atoms with E-state index in [1.807, 2.05) is 39.8 Å². The molecule has 1 aromatic rings. The first-order valence-corrected chi connectivity index (χ1v) is 7.92. The van der Waals surface area contributed by atoms with Gasteiger partial charge in [-0.15, -0.1) is 0 Å². The van der Waals surface area contributed by atoms with Crippen LogP contribution in [0.1, 0.15) is 27.7 Å². The van der Waals surface area contributed by atoms with Gasteiger partial charge in [0.25, 0.3) is 0 Å². The molecule has 7 heteroatoms. The minimum Gasteiger partial charge on any atom is -0.360 e. The van der Waals surface area contributed by atoms with Crippen LogP contribution in [0.15, 0.2) is 18.2 Å². The summed E-state index contributed by atoms with van der Waals surface area (Å²) in [6.07, 6.45) is 0. The number of hydrogen-bond acceptors (Lipinski definition) is 2. The molecule has 0 aromatic heterocycles. The van der Waals surface area contributed by atoms with E-state index in [1.165, 1.54) is 0 Å². The maximum Gasteiger partial charge on any atom is 0.171 e. The molecule has 0 saturated carbocycles. The van der Waals surface area contributed by atoms with E-state index in [9.17, 15) is 0 Å². The van der Waals surface area contributed by atoms with Crippen molar-refractivity contribution in [1.82, 2.24) is 10.6 Å². The van der Waals surface area contributed by atoms with Crippen LogP contribution in [0.4, 0.5) is 11.4 Å². The molecule has 0 aliphatic carbocycles. The second-order valence-corrected chi connectivity index (χ2v) is 6.42. The Kier molecular flexibility index (Phi) is 7.14. The Hall–Kier alpha value is -1.11. The van der Waals surface area contributed by atoms with Crippen LogP contribution < -0.4 is 21.3 Å². The molecule has 1 rings (SSSR count). The first-order valence-electron chi connectivity index (χ1n) is 6.72. The zero-order valence-corrected chi connectivity index (χ0v) is 15.0. The van der Waals surface area contributed by atoms with E-state index < -0.39 is 0 Å². The van der Waals surface area contributed by atoms with Crippen LogP contribution in [0.5, 0.6) is 0 Å². The minimum atomic E-state index is 0.268. The second-order valence-electron chi connectivity index (χ2n) is 5.20. The molecule has 116 valence electrons. The lowest BCUT2D eigenvalue weighted by atomic mass is 10.3. The maximum atomic E-state index is 6.25. The summed E-state index contributed by atoms with van der Waals surface area (Å²) in [5, 5.41) is 14.0. The van der Waals surface area contributed by atoms with E-state index in [1.54, 1.807) is 6.07 Å². The average Bonchev–Trinajstić information content (AvgIpc) is 2.30. The summed E-state index contributed by atoms with van der Waals surface area (Å²) in [6, 6.07) is 6.10. The summed E-state index contributed by atoms with van der Waals surface area (Å²) in [5.74, 6) is 0. The third-order valence-electron chi connectivity index (χ3n) is 2.31. The number of thiocarbonyl (C=S) groups is 2. The Morgan fingerprint density at radius 2 is 1.48 bits per heavy atom. The Morgan fingerprint density at radius 3 is 1.95 bits per heavy atom. The van der Waals surface area contributed by atoms with Crippen LogP contribution in [-0.2, 0) is 0 Å². The summed E-state index contributed by atoms with van der Waals surface area (Å²) in [4.78, 5) is 0. The van der Waals surface area contributed by atoms with E-state index in [-0.39, 0.29) is 12.1 Å². The van der Waals surface area contributed by atoms with Gasteiger partial charge in [-0.05, 0) is 70.3 Å². The molecule has 0 heterocycles. The molecule has 0 saturated heterocycles. The zero-order valence-electron chi connectivity index (χ0n) is 12.6. The molecule has 4 N–H and O–H groups in total. The predicted molar refractivity (Wildman–Crippen MR) is 100 cm³/mol. The molecule has 4 nitrogen and oxygen atoms in total. The standard InChI is InChI=1S/C14H21ClN4S2/c1-8(2)16-13(20)18-10-5-6-12(11(15)7-10)19-14(21)17-9(3)4/h5-9H,1-4H3,(H2,16,18,20)(H2,17,19,21). The molecule has 0 aliphatic rings. The van der Waals surface area contributed by atoms with Gasteiger partial charge in [0.1, 0.15) is 0 Å². The predicted octanol–water partition coefficient (Wildman–Crippen LogP) is 3.73. The summed E-state index contributed by atoms with van der Waals surface area (Å²) in [6.45, 7) is 8.09. The molecular weight excluding hydrogens is 324 g/mol. The quantitative estimate of drug-likeness (QED) is 0.624. The van der Waals surface area contributed by atoms with Gasteiger partial charge in [0, 0.05) is 17.8 Å². The fraction of sp³-hybridized carbons (Fsp3) is 0.429. The Balaban J connectivity index is 2.67. The highest BCUT2D eigenvalue weighted by molar-refractivity contribution is 7.80. The third-order valence-corrected chi connectivity index (χ3v) is 3.07. The molecule has 0 spiro atoms. The van der Waals surface area contributed by atoms with Crippen molar-refractivity contribution in [2.24, 2.45) is 0 Å². The highest BCUT2D eigenvalue weighted by atomic mass is 35.5. The van der Waals surface area contributed by atoms with E-state index in [2.05, 4.69) is 21.3 Å². The summed E-state index contributed by atoms with van der Waals surface area (Å²) < 4.78 is 0. The third kappa shape index (κ3) is 6.93. The molecule has 0 aliphatic heterocycles. The average molecular weight is 345 g/mol. The molecule has 21 heavy (non-hydrogen) atoms. The Bertz CT molecular complexity index is 518. The van der Waals surface area contributed by atoms with Gasteiger partial charge in [-0.25, -0.2) is 0 Å². The number of hydrogen-bond donors (Lipinski definition) is 4. The van der Waals surface area contributed by atoms with Crippen LogP contribution in [0.3, 0.4) is 0 Å². The monoisotopic (exact) mass is 344 g/mol. The highest BCUT2D eigenvalue weighted by Crippen LogP contribution is 2.25. The van der Waals surface area contributed by atoms with Crippen molar-refractivity contribution >= 4 is 57.6 Å². The van der Waals surface area contributed by atoms with Crippen LogP contribution in [0, 0.1) is 0 Å². The summed E-state index contributed by atoms with van der Waals surface area (Å²) in [7, 11) is 0. The van der Waals surface area contributed by atoms with Gasteiger partial charge in [0.15, 0.2) is 10.2 Å². The zero-order chi connectivity index (χ0) is 16.0. The van der Waals surface area contributed by atoms with Crippen molar-refractivity contribution in [1.29, 1.82) is 0 Å². The van der Waals surface area contributed by atoms with Gasteiger partial charge in [0.2, 0.25) is 0 Å². The normalized spacial score (nSPS) is 10.4. The lowest BCUT2D eigenvalue weighted by Crippen LogP contribution is -2.34. The number of rotatable bonds is 4. The lowest BCUT2D eigenvalue weighted by Gasteiger charge is -2.16. The fourth-order valence-corrected chi connectivity index (χ4v) is 2.47. The fourth-order valence-electron chi connectivity index (χ4n) is 1.54. The van der Waals surface area contributed by atoms with E-state index in [0.29, 0.717) is 15.2 Å². The second kappa shape index (κ2) is 8.36. The van der Waals surface area contributed by atoms with Gasteiger partial charge in [-0.1, -0.05) is 11.6 Å². The molecule has 0 fully saturated rings. The summed E-state index contributed by atoms with van der Waals surface area (Å²) >= 11 is 16.6. The molecule has 0 amide bonds. The minimum absolute atomic E-state index is 0.268. The highest BCUT2D eigenvalue weighted by Gasteiger charge is 2.06. The van der Waals surface area contributed by atoms with Gasteiger partial charge in [0.05, 0.1) is 10.7 Å². The van der Waals surface area contributed by atoms with Crippen LogP contribution in [-0.4, -0.2) is 22.3 Å². The summed E-state index contributed by atoms with van der Waals surface area (Å²) in [5.41, 5.74) is 1.58. The van der Waals surface area contributed by atoms with Gasteiger partial charge < -0.3 is 21.3 Å². The molecule has 0 unspecified atom stereocenters. The maximum absolute atomic E-state index is 6.25. The topological polar surface area (TPSA) is 48.1 Å². The largest absolute Gasteiger partial charge is 0.360 e. The van der Waals surface area contributed by atoms with Crippen molar-refractivity contribution < 1.29 is 0 Å².